The third-order valence-corrected chi connectivity index (χ3v) is 4.05. The number of piperazine rings is 1. The average molecular weight is 311 g/mol. The van der Waals surface area contributed by atoms with E-state index >= 15 is 0 Å². The predicted octanol–water partition coefficient (Wildman–Crippen LogP) is 1.72. The Kier molecular flexibility index (Phi) is 3.71. The monoisotopic (exact) mass is 310 g/mol. The molecule has 18 heavy (non-hydrogen) atoms. The van der Waals surface area contributed by atoms with Crippen molar-refractivity contribution < 1.29 is 9.59 Å². The van der Waals surface area contributed by atoms with Crippen LogP contribution < -0.4 is 5.32 Å². The van der Waals surface area contributed by atoms with Gasteiger partial charge in [0.15, 0.2) is 0 Å². The zero-order valence-electron chi connectivity index (χ0n) is 10.4. The summed E-state index contributed by atoms with van der Waals surface area (Å²) in [5.41, 5.74) is 1.63. The van der Waals surface area contributed by atoms with Crippen LogP contribution in [0.25, 0.3) is 0 Å². The standard InChI is InChI=1S/C13H15BrN2O2/c1-8-7-10(3-4-11(8)14)13(18)16-6-5-15-12(17)9(16)2/h3-4,7,9H,5-6H2,1-2H3,(H,15,17). The van der Waals surface area contributed by atoms with E-state index in [1.165, 1.54) is 0 Å². The number of aryl methyl sites for hydroxylation is 1. The Labute approximate surface area is 114 Å². The number of amides is 2. The SMILES string of the molecule is Cc1cc(C(=O)N2CCNC(=O)C2C)ccc1Br. The highest BCUT2D eigenvalue weighted by Crippen LogP contribution is 2.19. The largest absolute Gasteiger partial charge is 0.353 e. The van der Waals surface area contributed by atoms with E-state index < -0.39 is 6.04 Å². The molecule has 1 saturated heterocycles. The van der Waals surface area contributed by atoms with Crippen molar-refractivity contribution in [3.63, 3.8) is 0 Å². The molecule has 1 N–H and O–H groups in total. The molecule has 1 aliphatic heterocycles. The molecule has 1 aromatic rings. The fraction of sp³-hybridized carbons (Fsp3) is 0.385. The van der Waals surface area contributed by atoms with Crippen LogP contribution in [0.3, 0.4) is 0 Å². The molecule has 1 heterocycles. The first kappa shape index (κ1) is 13.1. The molecule has 96 valence electrons. The van der Waals surface area contributed by atoms with Crippen molar-refractivity contribution in [3.05, 3.63) is 33.8 Å². The minimum absolute atomic E-state index is 0.0899. The van der Waals surface area contributed by atoms with Crippen LogP contribution in [0.1, 0.15) is 22.8 Å². The number of nitrogens with one attached hydrogen (secondary N) is 1. The molecule has 0 aliphatic carbocycles. The maximum absolute atomic E-state index is 12.3. The summed E-state index contributed by atoms with van der Waals surface area (Å²) >= 11 is 3.41. The third-order valence-electron chi connectivity index (χ3n) is 3.16. The maximum Gasteiger partial charge on any atom is 0.254 e. The molecule has 1 aliphatic rings. The molecule has 0 spiro atoms. The van der Waals surface area contributed by atoms with Crippen molar-refractivity contribution in [3.8, 4) is 0 Å². The fourth-order valence-corrected chi connectivity index (χ4v) is 2.25. The molecule has 0 bridgehead atoms. The summed E-state index contributed by atoms with van der Waals surface area (Å²) in [7, 11) is 0. The Morgan fingerprint density at radius 1 is 1.50 bits per heavy atom. The Hall–Kier alpha value is -1.36. The lowest BCUT2D eigenvalue weighted by molar-refractivity contribution is -0.127. The summed E-state index contributed by atoms with van der Waals surface area (Å²) in [6.07, 6.45) is 0. The van der Waals surface area contributed by atoms with Gasteiger partial charge in [-0.2, -0.15) is 0 Å². The molecule has 1 aromatic carbocycles. The Bertz CT molecular complexity index is 502. The van der Waals surface area contributed by atoms with Crippen molar-refractivity contribution >= 4 is 27.7 Å². The van der Waals surface area contributed by atoms with Crippen LogP contribution in [-0.2, 0) is 4.79 Å². The lowest BCUT2D eigenvalue weighted by atomic mass is 10.1. The molecule has 1 atom stereocenters. The summed E-state index contributed by atoms with van der Waals surface area (Å²) in [6.45, 7) is 4.76. The number of benzene rings is 1. The van der Waals surface area contributed by atoms with Gasteiger partial charge in [-0.05, 0) is 37.6 Å². The van der Waals surface area contributed by atoms with E-state index in [-0.39, 0.29) is 11.8 Å². The van der Waals surface area contributed by atoms with Gasteiger partial charge in [0.1, 0.15) is 6.04 Å². The van der Waals surface area contributed by atoms with Gasteiger partial charge in [0.05, 0.1) is 0 Å². The molecule has 0 aromatic heterocycles. The normalized spacial score (nSPS) is 19.6. The summed E-state index contributed by atoms with van der Waals surface area (Å²) in [5.74, 6) is -0.184. The first-order valence-corrected chi connectivity index (χ1v) is 6.65. The fourth-order valence-electron chi connectivity index (χ4n) is 2.00. The van der Waals surface area contributed by atoms with E-state index in [2.05, 4.69) is 21.2 Å². The van der Waals surface area contributed by atoms with E-state index in [0.29, 0.717) is 18.7 Å². The quantitative estimate of drug-likeness (QED) is 0.858. The van der Waals surface area contributed by atoms with Gasteiger partial charge in [0.2, 0.25) is 5.91 Å². The van der Waals surface area contributed by atoms with Crippen LogP contribution in [-0.4, -0.2) is 35.8 Å². The molecule has 2 amide bonds. The summed E-state index contributed by atoms with van der Waals surface area (Å²) < 4.78 is 0.975. The van der Waals surface area contributed by atoms with Crippen LogP contribution in [0, 0.1) is 6.92 Å². The van der Waals surface area contributed by atoms with E-state index in [9.17, 15) is 9.59 Å². The second-order valence-electron chi connectivity index (χ2n) is 4.43. The smallest absolute Gasteiger partial charge is 0.254 e. The molecular formula is C13H15BrN2O2. The summed E-state index contributed by atoms with van der Waals surface area (Å²) in [4.78, 5) is 25.5. The van der Waals surface area contributed by atoms with E-state index in [4.69, 9.17) is 0 Å². The average Bonchev–Trinajstić information content (AvgIpc) is 2.35. The maximum atomic E-state index is 12.3. The van der Waals surface area contributed by atoms with Crippen molar-refractivity contribution in [1.29, 1.82) is 0 Å². The van der Waals surface area contributed by atoms with Crippen molar-refractivity contribution in [2.75, 3.05) is 13.1 Å². The Morgan fingerprint density at radius 2 is 2.22 bits per heavy atom. The number of carbonyl (C=O) groups is 2. The molecule has 1 fully saturated rings. The van der Waals surface area contributed by atoms with Gasteiger partial charge in [-0.1, -0.05) is 15.9 Å². The highest BCUT2D eigenvalue weighted by molar-refractivity contribution is 9.10. The molecule has 1 unspecified atom stereocenters. The topological polar surface area (TPSA) is 49.4 Å². The van der Waals surface area contributed by atoms with Gasteiger partial charge in [-0.3, -0.25) is 9.59 Å². The first-order valence-electron chi connectivity index (χ1n) is 5.85. The number of halogens is 1. The molecule has 0 radical (unpaired) electrons. The Balaban J connectivity index is 2.25. The van der Waals surface area contributed by atoms with Gasteiger partial charge >= 0.3 is 0 Å². The van der Waals surface area contributed by atoms with Crippen LogP contribution in [0.5, 0.6) is 0 Å². The lowest BCUT2D eigenvalue weighted by Gasteiger charge is -2.32. The van der Waals surface area contributed by atoms with E-state index in [1.54, 1.807) is 17.9 Å². The number of nitrogens with zero attached hydrogens (tertiary/aromatic N) is 1. The number of hydrogen-bond donors (Lipinski definition) is 1. The molecule has 4 nitrogen and oxygen atoms in total. The molecule has 5 heteroatoms. The minimum Gasteiger partial charge on any atom is -0.353 e. The zero-order valence-corrected chi connectivity index (χ0v) is 12.0. The zero-order chi connectivity index (χ0) is 13.3. The van der Waals surface area contributed by atoms with Gasteiger partial charge < -0.3 is 10.2 Å². The van der Waals surface area contributed by atoms with Crippen LogP contribution in [0.4, 0.5) is 0 Å². The van der Waals surface area contributed by atoms with Crippen molar-refractivity contribution in [1.82, 2.24) is 10.2 Å². The summed E-state index contributed by atoms with van der Waals surface area (Å²) in [6, 6.07) is 5.07. The van der Waals surface area contributed by atoms with Crippen molar-refractivity contribution in [2.24, 2.45) is 0 Å². The minimum atomic E-state index is -0.407. The van der Waals surface area contributed by atoms with Gasteiger partial charge in [-0.15, -0.1) is 0 Å². The van der Waals surface area contributed by atoms with E-state index in [0.717, 1.165) is 10.0 Å². The van der Waals surface area contributed by atoms with Crippen molar-refractivity contribution in [2.45, 2.75) is 19.9 Å². The van der Waals surface area contributed by atoms with Gasteiger partial charge in [0.25, 0.3) is 5.91 Å². The highest BCUT2D eigenvalue weighted by atomic mass is 79.9. The molecule has 2 rings (SSSR count). The first-order chi connectivity index (χ1) is 8.50. The molecular weight excluding hydrogens is 296 g/mol. The van der Waals surface area contributed by atoms with E-state index in [1.807, 2.05) is 19.1 Å². The van der Waals surface area contributed by atoms with Crippen LogP contribution in [0.15, 0.2) is 22.7 Å². The lowest BCUT2D eigenvalue weighted by Crippen LogP contribution is -2.55. The predicted molar refractivity (Wildman–Crippen MR) is 72.4 cm³/mol. The number of carbonyl (C=O) groups excluding carboxylic acids is 2. The number of hydrogen-bond acceptors (Lipinski definition) is 2. The number of rotatable bonds is 1. The second-order valence-corrected chi connectivity index (χ2v) is 5.28. The molecule has 0 saturated carbocycles. The second kappa shape index (κ2) is 5.10. The van der Waals surface area contributed by atoms with Crippen LogP contribution >= 0.6 is 15.9 Å². The highest BCUT2D eigenvalue weighted by Gasteiger charge is 2.29. The Morgan fingerprint density at radius 3 is 2.89 bits per heavy atom. The van der Waals surface area contributed by atoms with Gasteiger partial charge in [0, 0.05) is 23.1 Å². The third kappa shape index (κ3) is 2.41. The summed E-state index contributed by atoms with van der Waals surface area (Å²) in [5, 5.41) is 2.75. The van der Waals surface area contributed by atoms with Gasteiger partial charge in [-0.25, -0.2) is 0 Å². The van der Waals surface area contributed by atoms with Crippen LogP contribution in [0.2, 0.25) is 0 Å².